The van der Waals surface area contributed by atoms with Crippen molar-refractivity contribution in [2.24, 2.45) is 5.92 Å². The topological polar surface area (TPSA) is 82.5 Å². The fraction of sp³-hybridized carbons (Fsp3) is 0.312. The van der Waals surface area contributed by atoms with Gasteiger partial charge in [-0.3, -0.25) is 0 Å². The molecule has 4 rings (SSSR count). The van der Waals surface area contributed by atoms with Crippen LogP contribution in [0.5, 0.6) is 5.75 Å². The Morgan fingerprint density at radius 1 is 1.07 bits per heavy atom. The molecule has 204 valence electrons. The molecule has 0 amide bonds. The molecule has 0 saturated heterocycles. The van der Waals surface area contributed by atoms with Crippen molar-refractivity contribution in [3.8, 4) is 5.75 Å². The number of carboxylic acid groups (broad SMARTS) is 1. The number of thioether (sulfide) groups is 1. The van der Waals surface area contributed by atoms with Crippen molar-refractivity contribution in [2.45, 2.75) is 51.1 Å². The number of carboxylic acids is 1. The molecule has 0 spiro atoms. The van der Waals surface area contributed by atoms with E-state index in [0.717, 1.165) is 51.9 Å². The maximum absolute atomic E-state index is 11.4. The largest absolute Gasteiger partial charge is 1.00 e. The third-order valence-corrected chi connectivity index (χ3v) is 8.47. The Bertz CT molecular complexity index is 1440. The second kappa shape index (κ2) is 14.7. The molecule has 0 bridgehead atoms. The molecule has 0 aliphatic heterocycles. The van der Waals surface area contributed by atoms with Crippen LogP contribution in [0.4, 0.5) is 0 Å². The van der Waals surface area contributed by atoms with Crippen LogP contribution in [-0.4, -0.2) is 21.8 Å². The summed E-state index contributed by atoms with van der Waals surface area (Å²) in [5.41, 5.74) is 3.71. The summed E-state index contributed by atoms with van der Waals surface area (Å²) in [5.74, 6) is -0.451. The zero-order chi connectivity index (χ0) is 28.0. The minimum Gasteiger partial charge on any atom is -0.550 e. The van der Waals surface area contributed by atoms with Crippen molar-refractivity contribution in [3.05, 3.63) is 106 Å². The van der Waals surface area contributed by atoms with Crippen LogP contribution in [0.25, 0.3) is 10.9 Å². The van der Waals surface area contributed by atoms with E-state index in [0.29, 0.717) is 17.4 Å². The van der Waals surface area contributed by atoms with Crippen molar-refractivity contribution < 1.29 is 49.3 Å². The van der Waals surface area contributed by atoms with Gasteiger partial charge in [0.2, 0.25) is 0 Å². The number of benzene rings is 3. The Kier molecular flexibility index (Phi) is 11.9. The van der Waals surface area contributed by atoms with E-state index in [2.05, 4.69) is 4.98 Å². The van der Waals surface area contributed by atoms with Gasteiger partial charge in [0.25, 0.3) is 0 Å². The number of aliphatic hydroxyl groups is 1. The maximum atomic E-state index is 11.4. The van der Waals surface area contributed by atoms with E-state index in [-0.39, 0.29) is 34.8 Å². The average Bonchev–Trinajstić information content (AvgIpc) is 2.91. The predicted octanol–water partition coefficient (Wildman–Crippen LogP) is 3.49. The zero-order valence-electron chi connectivity index (χ0n) is 23.4. The standard InChI is InChI=1S/C32H34ClNO4S.Na/c1-21(31(35)36)20-39-30(16-13-22-7-4-5-10-28(22)32(2,3)37)24-8-6-9-27(17-24)38-19-26-15-12-23-11-14-25(33)18-29(23)34-26;/h4-12,14-15,17-18,21,30,37H,13,16,19-20H2,1-3H3,(H,35,36);/q;+1/p-1/t21-,30+;/m1./s1. The number of pyridine rings is 1. The van der Waals surface area contributed by atoms with Gasteiger partial charge in [0.15, 0.2) is 0 Å². The van der Waals surface area contributed by atoms with Gasteiger partial charge < -0.3 is 19.7 Å². The van der Waals surface area contributed by atoms with Crippen LogP contribution >= 0.6 is 23.4 Å². The van der Waals surface area contributed by atoms with Crippen LogP contribution in [0.1, 0.15) is 54.8 Å². The van der Waals surface area contributed by atoms with E-state index in [9.17, 15) is 15.0 Å². The molecule has 5 nitrogen and oxygen atoms in total. The maximum Gasteiger partial charge on any atom is 1.00 e. The van der Waals surface area contributed by atoms with Crippen LogP contribution < -0.4 is 39.4 Å². The summed E-state index contributed by atoms with van der Waals surface area (Å²) in [5, 5.41) is 23.7. The number of nitrogens with zero attached hydrogens (tertiary/aromatic N) is 1. The smallest absolute Gasteiger partial charge is 0.550 e. The second-order valence-electron chi connectivity index (χ2n) is 10.3. The van der Waals surface area contributed by atoms with Gasteiger partial charge in [-0.05, 0) is 73.7 Å². The molecule has 0 saturated carbocycles. The Labute approximate surface area is 267 Å². The Morgan fingerprint density at radius 2 is 1.82 bits per heavy atom. The number of aryl methyl sites for hydroxylation is 1. The first-order valence-electron chi connectivity index (χ1n) is 13.0. The fourth-order valence-electron chi connectivity index (χ4n) is 4.47. The number of rotatable bonds is 12. The molecule has 0 aliphatic rings. The van der Waals surface area contributed by atoms with Gasteiger partial charge in [-0.2, -0.15) is 11.8 Å². The van der Waals surface area contributed by atoms with Gasteiger partial charge in [0.1, 0.15) is 12.4 Å². The van der Waals surface area contributed by atoms with Crippen molar-refractivity contribution in [1.29, 1.82) is 0 Å². The van der Waals surface area contributed by atoms with Crippen molar-refractivity contribution >= 4 is 40.2 Å². The zero-order valence-corrected chi connectivity index (χ0v) is 27.0. The van der Waals surface area contributed by atoms with Gasteiger partial charge in [-0.15, -0.1) is 0 Å². The van der Waals surface area contributed by atoms with Crippen LogP contribution in [-0.2, 0) is 23.4 Å². The Balaban J connectivity index is 0.00000441. The molecule has 2 atom stereocenters. The Hall–Kier alpha value is -2.06. The number of ether oxygens (including phenoxy) is 1. The SMILES string of the molecule is C[C@H](CS[C@@H](CCc1ccccc1C(C)(C)O)c1cccc(OCc2ccc3ccc(Cl)cc3n2)c1)C(=O)[O-].[Na+]. The molecule has 0 aliphatic carbocycles. The van der Waals surface area contributed by atoms with E-state index < -0.39 is 17.5 Å². The second-order valence-corrected chi connectivity index (χ2v) is 12.0. The van der Waals surface area contributed by atoms with E-state index in [4.69, 9.17) is 16.3 Å². The number of carbonyl (C=O) groups is 1. The number of aliphatic carboxylic acids is 1. The number of aromatic nitrogens is 1. The predicted molar refractivity (Wildman–Crippen MR) is 157 cm³/mol. The summed E-state index contributed by atoms with van der Waals surface area (Å²) >= 11 is 7.73. The minimum absolute atomic E-state index is 0. The van der Waals surface area contributed by atoms with Gasteiger partial charge >= 0.3 is 29.6 Å². The van der Waals surface area contributed by atoms with Crippen molar-refractivity contribution in [2.75, 3.05) is 5.75 Å². The number of carbonyl (C=O) groups excluding carboxylic acids is 1. The van der Waals surface area contributed by atoms with Crippen LogP contribution in [0.2, 0.25) is 5.02 Å². The number of fused-ring (bicyclic) bond motifs is 1. The molecular formula is C32H33ClNNaO4S. The normalized spacial score (nSPS) is 12.9. The molecule has 1 N–H and O–H groups in total. The summed E-state index contributed by atoms with van der Waals surface area (Å²) < 4.78 is 6.11. The summed E-state index contributed by atoms with van der Waals surface area (Å²) in [7, 11) is 0. The van der Waals surface area contributed by atoms with Crippen LogP contribution in [0.15, 0.2) is 78.9 Å². The summed E-state index contributed by atoms with van der Waals surface area (Å²) in [6.07, 6.45) is 1.51. The first-order chi connectivity index (χ1) is 18.6. The van der Waals surface area contributed by atoms with E-state index >= 15 is 0 Å². The summed E-state index contributed by atoms with van der Waals surface area (Å²) in [6, 6.07) is 25.4. The van der Waals surface area contributed by atoms with E-state index in [1.807, 2.05) is 78.9 Å². The quantitative estimate of drug-likeness (QED) is 0.256. The molecule has 40 heavy (non-hydrogen) atoms. The minimum atomic E-state index is -1.05. The third kappa shape index (κ3) is 8.97. The van der Waals surface area contributed by atoms with Crippen LogP contribution in [0, 0.1) is 5.92 Å². The molecule has 0 radical (unpaired) electrons. The van der Waals surface area contributed by atoms with E-state index in [1.165, 1.54) is 0 Å². The van der Waals surface area contributed by atoms with Gasteiger partial charge in [-0.1, -0.05) is 67.1 Å². The van der Waals surface area contributed by atoms with Gasteiger partial charge in [0.05, 0.1) is 16.8 Å². The molecule has 0 unspecified atom stereocenters. The Morgan fingerprint density at radius 3 is 2.58 bits per heavy atom. The molecule has 3 aromatic carbocycles. The average molecular weight is 586 g/mol. The molecule has 4 aromatic rings. The fourth-order valence-corrected chi connectivity index (χ4v) is 5.92. The molecular weight excluding hydrogens is 553 g/mol. The first kappa shape index (κ1) is 32.5. The third-order valence-electron chi connectivity index (χ3n) is 6.63. The molecule has 0 fully saturated rings. The molecule has 8 heteroatoms. The number of hydrogen-bond donors (Lipinski definition) is 1. The van der Waals surface area contributed by atoms with Gasteiger partial charge in [0, 0.05) is 33.3 Å². The number of hydrogen-bond acceptors (Lipinski definition) is 6. The van der Waals surface area contributed by atoms with Gasteiger partial charge in [-0.25, -0.2) is 4.98 Å². The number of halogens is 1. The van der Waals surface area contributed by atoms with Crippen LogP contribution in [0.3, 0.4) is 0 Å². The van der Waals surface area contributed by atoms with E-state index in [1.54, 1.807) is 32.5 Å². The summed E-state index contributed by atoms with van der Waals surface area (Å²) in [6.45, 7) is 5.56. The monoisotopic (exact) mass is 585 g/mol. The first-order valence-corrected chi connectivity index (χ1v) is 14.4. The van der Waals surface area contributed by atoms with Crippen molar-refractivity contribution in [1.82, 2.24) is 4.98 Å². The van der Waals surface area contributed by atoms with Crippen molar-refractivity contribution in [3.63, 3.8) is 0 Å². The summed E-state index contributed by atoms with van der Waals surface area (Å²) in [4.78, 5) is 16.0. The molecule has 1 heterocycles. The molecule has 1 aromatic heterocycles.